The van der Waals surface area contributed by atoms with Crippen LogP contribution in [0.15, 0.2) is 50.8 Å². The maximum atomic E-state index is 13.2. The molecule has 0 radical (unpaired) electrons. The van der Waals surface area contributed by atoms with Gasteiger partial charge in [0.2, 0.25) is 6.79 Å². The van der Waals surface area contributed by atoms with E-state index >= 15 is 0 Å². The van der Waals surface area contributed by atoms with Crippen molar-refractivity contribution in [1.82, 2.24) is 9.55 Å². The van der Waals surface area contributed by atoms with Gasteiger partial charge < -0.3 is 14.2 Å². The molecule has 2 aliphatic heterocycles. The third kappa shape index (κ3) is 3.76. The lowest BCUT2D eigenvalue weighted by Crippen LogP contribution is -2.28. The summed E-state index contributed by atoms with van der Waals surface area (Å²) < 4.78 is 19.4. The van der Waals surface area contributed by atoms with Gasteiger partial charge in [-0.1, -0.05) is 39.8 Å². The molecule has 2 aliphatic rings. The summed E-state index contributed by atoms with van der Waals surface area (Å²) in [4.78, 5) is 18.0. The summed E-state index contributed by atoms with van der Waals surface area (Å²) in [5.41, 5.74) is 1.76. The van der Waals surface area contributed by atoms with Crippen LogP contribution in [0.25, 0.3) is 10.9 Å². The fraction of sp³-hybridized carbons (Fsp3) is 0.333. The van der Waals surface area contributed by atoms with Gasteiger partial charge in [0.1, 0.15) is 0 Å². The average Bonchev–Trinajstić information content (AvgIpc) is 3.40. The third-order valence-corrected chi connectivity index (χ3v) is 6.90. The van der Waals surface area contributed by atoms with Gasteiger partial charge in [-0.05, 0) is 42.7 Å². The van der Waals surface area contributed by atoms with Crippen LogP contribution in [-0.2, 0) is 17.0 Å². The number of hydrogen-bond donors (Lipinski definition) is 0. The number of ether oxygens (including phenoxy) is 3. The maximum absolute atomic E-state index is 13.2. The molecule has 3 aromatic rings. The monoisotopic (exact) mass is 474 g/mol. The lowest BCUT2D eigenvalue weighted by atomic mass is 10.2. The second-order valence-electron chi connectivity index (χ2n) is 7.05. The molecule has 29 heavy (non-hydrogen) atoms. The third-order valence-electron chi connectivity index (χ3n) is 5.14. The predicted octanol–water partition coefficient (Wildman–Crippen LogP) is 4.36. The molecule has 3 heterocycles. The van der Waals surface area contributed by atoms with Gasteiger partial charge in [-0.2, -0.15) is 0 Å². The number of aromatic nitrogens is 2. The first-order valence-corrected chi connectivity index (χ1v) is 11.3. The Kier molecular flexibility index (Phi) is 5.24. The number of fused-ring (bicyclic) bond motifs is 2. The van der Waals surface area contributed by atoms with Crippen LogP contribution < -0.4 is 15.0 Å². The summed E-state index contributed by atoms with van der Waals surface area (Å²) in [6, 6.07) is 11.4. The van der Waals surface area contributed by atoms with Crippen molar-refractivity contribution in [2.75, 3.05) is 13.4 Å². The molecule has 6 nitrogen and oxygen atoms in total. The Balaban J connectivity index is 1.49. The van der Waals surface area contributed by atoms with Gasteiger partial charge in [-0.15, -0.1) is 0 Å². The van der Waals surface area contributed by atoms with Crippen LogP contribution in [0.3, 0.4) is 0 Å². The first-order valence-electron chi connectivity index (χ1n) is 9.51. The van der Waals surface area contributed by atoms with E-state index in [1.165, 1.54) is 0 Å². The van der Waals surface area contributed by atoms with Crippen LogP contribution in [0.1, 0.15) is 18.4 Å². The summed E-state index contributed by atoms with van der Waals surface area (Å²) in [5.74, 6) is 2.13. The Hall–Kier alpha value is -2.03. The lowest BCUT2D eigenvalue weighted by Gasteiger charge is -2.16. The van der Waals surface area contributed by atoms with Crippen molar-refractivity contribution >= 4 is 38.6 Å². The van der Waals surface area contributed by atoms with E-state index in [4.69, 9.17) is 19.2 Å². The van der Waals surface area contributed by atoms with Gasteiger partial charge >= 0.3 is 0 Å². The number of benzene rings is 2. The molecule has 1 atom stereocenters. The first kappa shape index (κ1) is 19.0. The molecule has 8 heteroatoms. The van der Waals surface area contributed by atoms with Gasteiger partial charge in [-0.3, -0.25) is 9.36 Å². The summed E-state index contributed by atoms with van der Waals surface area (Å²) in [7, 11) is 0. The molecule has 150 valence electrons. The van der Waals surface area contributed by atoms with Crippen molar-refractivity contribution in [1.29, 1.82) is 0 Å². The molecule has 0 spiro atoms. The van der Waals surface area contributed by atoms with Gasteiger partial charge in [0.05, 0.1) is 23.6 Å². The van der Waals surface area contributed by atoms with Crippen LogP contribution >= 0.6 is 27.7 Å². The highest BCUT2D eigenvalue weighted by Crippen LogP contribution is 2.38. The predicted molar refractivity (Wildman–Crippen MR) is 115 cm³/mol. The Morgan fingerprint density at radius 3 is 2.86 bits per heavy atom. The fourth-order valence-corrected chi connectivity index (χ4v) is 5.27. The van der Waals surface area contributed by atoms with Gasteiger partial charge in [0.25, 0.3) is 5.56 Å². The van der Waals surface area contributed by atoms with Crippen LogP contribution in [0.2, 0.25) is 0 Å². The molecule has 0 aliphatic carbocycles. The Labute approximate surface area is 180 Å². The number of thioether (sulfide) groups is 1. The standard InChI is InChI=1S/C21H19BrN2O4S/c22-16-9-19-18(27-12-28-19)8-13(16)11-29-21-23-17-6-2-1-5-15(17)20(25)24(21)10-14-4-3-7-26-14/h1-2,5-6,8-9,14H,3-4,7,10-12H2. The molecule has 0 N–H and O–H groups in total. The van der Waals surface area contributed by atoms with E-state index < -0.39 is 0 Å². The summed E-state index contributed by atoms with van der Waals surface area (Å²) in [6.45, 7) is 1.53. The average molecular weight is 475 g/mol. The van der Waals surface area contributed by atoms with Crippen LogP contribution in [0.5, 0.6) is 11.5 Å². The molecule has 0 bridgehead atoms. The smallest absolute Gasteiger partial charge is 0.262 e. The van der Waals surface area contributed by atoms with Crippen molar-refractivity contribution in [3.63, 3.8) is 0 Å². The van der Waals surface area contributed by atoms with Crippen LogP contribution in [0.4, 0.5) is 0 Å². The highest BCUT2D eigenvalue weighted by atomic mass is 79.9. The maximum Gasteiger partial charge on any atom is 0.262 e. The molecule has 1 unspecified atom stereocenters. The molecule has 5 rings (SSSR count). The molecular formula is C21H19BrN2O4S. The summed E-state index contributed by atoms with van der Waals surface area (Å²) in [5, 5.41) is 1.34. The molecule has 1 saturated heterocycles. The van der Waals surface area contributed by atoms with Gasteiger partial charge in [0, 0.05) is 16.8 Å². The fourth-order valence-electron chi connectivity index (χ4n) is 3.62. The summed E-state index contributed by atoms with van der Waals surface area (Å²) >= 11 is 5.15. The highest BCUT2D eigenvalue weighted by molar-refractivity contribution is 9.10. The van der Waals surface area contributed by atoms with Crippen molar-refractivity contribution in [3.8, 4) is 11.5 Å². The second kappa shape index (κ2) is 8.01. The normalized spacial score (nSPS) is 17.9. The molecule has 1 aromatic heterocycles. The van der Waals surface area contributed by atoms with E-state index in [-0.39, 0.29) is 18.5 Å². The van der Waals surface area contributed by atoms with E-state index in [2.05, 4.69) is 15.9 Å². The minimum Gasteiger partial charge on any atom is -0.454 e. The Morgan fingerprint density at radius 1 is 1.21 bits per heavy atom. The summed E-state index contributed by atoms with van der Waals surface area (Å²) in [6.07, 6.45) is 2.07. The van der Waals surface area contributed by atoms with E-state index in [0.29, 0.717) is 28.4 Å². The SMILES string of the molecule is O=c1c2ccccc2nc(SCc2cc3c(cc2Br)OCO3)n1CC1CCCO1. The number of nitrogens with zero attached hydrogens (tertiary/aromatic N) is 2. The number of rotatable bonds is 5. The van der Waals surface area contributed by atoms with Crippen molar-refractivity contribution in [2.24, 2.45) is 0 Å². The molecule has 0 saturated carbocycles. The van der Waals surface area contributed by atoms with Gasteiger partial charge in [-0.25, -0.2) is 4.98 Å². The zero-order chi connectivity index (χ0) is 19.8. The molecular weight excluding hydrogens is 456 g/mol. The lowest BCUT2D eigenvalue weighted by molar-refractivity contribution is 0.0937. The van der Waals surface area contributed by atoms with E-state index in [1.54, 1.807) is 16.3 Å². The minimum absolute atomic E-state index is 0.0154. The second-order valence-corrected chi connectivity index (χ2v) is 8.84. The van der Waals surface area contributed by atoms with E-state index in [9.17, 15) is 4.79 Å². The number of halogens is 1. The largest absolute Gasteiger partial charge is 0.454 e. The molecule has 0 amide bonds. The number of para-hydroxylation sites is 1. The number of hydrogen-bond acceptors (Lipinski definition) is 6. The van der Waals surface area contributed by atoms with Crippen LogP contribution in [0, 0.1) is 0 Å². The Bertz CT molecular complexity index is 1130. The highest BCUT2D eigenvalue weighted by Gasteiger charge is 2.21. The zero-order valence-electron chi connectivity index (χ0n) is 15.6. The first-order chi connectivity index (χ1) is 14.2. The minimum atomic E-state index is -0.0154. The van der Waals surface area contributed by atoms with Crippen molar-refractivity contribution in [2.45, 2.75) is 36.4 Å². The van der Waals surface area contributed by atoms with E-state index in [1.807, 2.05) is 36.4 Å². The topological polar surface area (TPSA) is 62.6 Å². The van der Waals surface area contributed by atoms with Crippen molar-refractivity contribution < 1.29 is 14.2 Å². The quantitative estimate of drug-likeness (QED) is 0.404. The van der Waals surface area contributed by atoms with Gasteiger partial charge in [0.15, 0.2) is 16.7 Å². The Morgan fingerprint density at radius 2 is 2.03 bits per heavy atom. The zero-order valence-corrected chi connectivity index (χ0v) is 18.0. The van der Waals surface area contributed by atoms with Crippen molar-refractivity contribution in [3.05, 3.63) is 56.8 Å². The molecule has 1 fully saturated rings. The van der Waals surface area contributed by atoms with Crippen LogP contribution in [-0.4, -0.2) is 29.1 Å². The van der Waals surface area contributed by atoms with E-state index in [0.717, 1.165) is 41.0 Å². The molecule has 2 aromatic carbocycles.